The number of carbonyl (C=O) groups excluding carboxylic acids is 1. The molecule has 0 saturated carbocycles. The summed E-state index contributed by atoms with van der Waals surface area (Å²) in [7, 11) is -0.807. The fourth-order valence-corrected chi connectivity index (χ4v) is 4.62. The van der Waals surface area contributed by atoms with Crippen LogP contribution in [0.5, 0.6) is 0 Å². The van der Waals surface area contributed by atoms with E-state index in [-0.39, 0.29) is 17.3 Å². The number of urea groups is 1. The number of nitrogens with zero attached hydrogens (tertiary/aromatic N) is 1. The number of nitrogens with one attached hydrogen (secondary N) is 1. The van der Waals surface area contributed by atoms with Gasteiger partial charge in [0.15, 0.2) is 0 Å². The fourth-order valence-electron chi connectivity index (χ4n) is 2.41. The molecule has 1 heterocycles. The van der Waals surface area contributed by atoms with Crippen molar-refractivity contribution < 1.29 is 9.00 Å². The van der Waals surface area contributed by atoms with Crippen LogP contribution >= 0.6 is 11.8 Å². The summed E-state index contributed by atoms with van der Waals surface area (Å²) in [6, 6.07) is 10.3. The van der Waals surface area contributed by atoms with Crippen molar-refractivity contribution in [2.75, 3.05) is 24.6 Å². The first-order valence-corrected chi connectivity index (χ1v) is 10.1. The lowest BCUT2D eigenvalue weighted by molar-refractivity contribution is 0.179. The Morgan fingerprint density at radius 1 is 1.36 bits per heavy atom. The largest absolute Gasteiger partial charge is 0.338 e. The molecule has 2 amide bonds. The first kappa shape index (κ1) is 17.3. The number of thioether (sulfide) groups is 1. The first-order chi connectivity index (χ1) is 10.6. The number of hydrogen-bond acceptors (Lipinski definition) is 3. The van der Waals surface area contributed by atoms with Crippen LogP contribution in [0, 0.1) is 0 Å². The van der Waals surface area contributed by atoms with Crippen LogP contribution in [0.3, 0.4) is 0 Å². The molecule has 1 aliphatic heterocycles. The van der Waals surface area contributed by atoms with Gasteiger partial charge in [0.2, 0.25) is 0 Å². The van der Waals surface area contributed by atoms with Gasteiger partial charge in [-0.15, -0.1) is 11.8 Å². The highest BCUT2D eigenvalue weighted by molar-refractivity contribution is 7.99. The maximum Gasteiger partial charge on any atom is 0.317 e. The van der Waals surface area contributed by atoms with Gasteiger partial charge in [-0.05, 0) is 38.2 Å². The predicted molar refractivity (Wildman–Crippen MR) is 93.8 cm³/mol. The van der Waals surface area contributed by atoms with E-state index in [4.69, 9.17) is 0 Å². The van der Waals surface area contributed by atoms with E-state index >= 15 is 0 Å². The lowest BCUT2D eigenvalue weighted by atomic mass is 10.2. The van der Waals surface area contributed by atoms with Crippen molar-refractivity contribution in [2.24, 2.45) is 0 Å². The molecule has 0 spiro atoms. The quantitative estimate of drug-likeness (QED) is 0.662. The number of rotatable bonds is 5. The smallest absolute Gasteiger partial charge is 0.317 e. The van der Waals surface area contributed by atoms with Crippen LogP contribution in [0.1, 0.15) is 20.3 Å². The molecule has 122 valence electrons. The van der Waals surface area contributed by atoms with Crippen molar-refractivity contribution in [1.82, 2.24) is 10.2 Å². The van der Waals surface area contributed by atoms with Crippen LogP contribution in [-0.2, 0) is 10.8 Å². The lowest BCUT2D eigenvalue weighted by Crippen LogP contribution is -2.55. The average molecular weight is 341 g/mol. The van der Waals surface area contributed by atoms with E-state index in [9.17, 15) is 9.00 Å². The molecule has 4 nitrogen and oxygen atoms in total. The van der Waals surface area contributed by atoms with Gasteiger partial charge in [-0.25, -0.2) is 4.79 Å². The zero-order valence-corrected chi connectivity index (χ0v) is 14.8. The summed E-state index contributed by atoms with van der Waals surface area (Å²) in [5.41, 5.74) is 0. The molecule has 3 atom stereocenters. The number of amides is 2. The maximum atomic E-state index is 12.2. The lowest BCUT2D eigenvalue weighted by Gasteiger charge is -2.37. The van der Waals surface area contributed by atoms with Gasteiger partial charge >= 0.3 is 6.03 Å². The van der Waals surface area contributed by atoms with Crippen LogP contribution in [0.4, 0.5) is 4.79 Å². The molecular formula is C16H24N2O2S2. The van der Waals surface area contributed by atoms with Gasteiger partial charge in [-0.2, -0.15) is 0 Å². The van der Waals surface area contributed by atoms with Gasteiger partial charge in [0.05, 0.1) is 5.25 Å². The minimum atomic E-state index is -0.807. The Morgan fingerprint density at radius 3 is 2.82 bits per heavy atom. The summed E-state index contributed by atoms with van der Waals surface area (Å²) in [5.74, 6) is 1.57. The normalized spacial score (nSPS) is 25.0. The minimum Gasteiger partial charge on any atom is -0.338 e. The molecule has 6 heteroatoms. The van der Waals surface area contributed by atoms with Crippen molar-refractivity contribution in [3.8, 4) is 0 Å². The van der Waals surface area contributed by atoms with Crippen molar-refractivity contribution in [3.05, 3.63) is 30.3 Å². The van der Waals surface area contributed by atoms with E-state index in [1.165, 1.54) is 4.90 Å². The van der Waals surface area contributed by atoms with Crippen LogP contribution < -0.4 is 5.32 Å². The summed E-state index contributed by atoms with van der Waals surface area (Å²) in [5, 5.41) is 3.03. The van der Waals surface area contributed by atoms with E-state index in [2.05, 4.69) is 17.4 Å². The van der Waals surface area contributed by atoms with Crippen LogP contribution in [0.25, 0.3) is 0 Å². The second-order valence-corrected chi connectivity index (χ2v) is 8.55. The van der Waals surface area contributed by atoms with Gasteiger partial charge in [0.25, 0.3) is 0 Å². The van der Waals surface area contributed by atoms with Crippen molar-refractivity contribution in [1.29, 1.82) is 0 Å². The molecule has 0 bridgehead atoms. The Bertz CT molecular complexity index is 510. The third-order valence-corrected chi connectivity index (χ3v) is 6.90. The summed E-state index contributed by atoms with van der Waals surface area (Å²) >= 11 is 1.80. The SMILES string of the molecule is C[C@@H]1[C@@H](C)[S@@](=O)CCN1C(=O)NCCCSc1ccccc1. The Hall–Kier alpha value is -1.01. The van der Waals surface area contributed by atoms with E-state index in [0.717, 1.165) is 12.2 Å². The molecule has 0 aliphatic carbocycles. The van der Waals surface area contributed by atoms with E-state index in [1.54, 1.807) is 11.8 Å². The van der Waals surface area contributed by atoms with Crippen molar-refractivity contribution in [3.63, 3.8) is 0 Å². The molecule has 22 heavy (non-hydrogen) atoms. The average Bonchev–Trinajstić information content (AvgIpc) is 2.53. The molecule has 0 aromatic heterocycles. The second-order valence-electron chi connectivity index (χ2n) is 5.47. The van der Waals surface area contributed by atoms with Gasteiger partial charge in [0, 0.05) is 40.6 Å². The zero-order chi connectivity index (χ0) is 15.9. The molecule has 1 N–H and O–H groups in total. The third kappa shape index (κ3) is 4.74. The first-order valence-electron chi connectivity index (χ1n) is 7.69. The monoisotopic (exact) mass is 340 g/mol. The van der Waals surface area contributed by atoms with E-state index < -0.39 is 10.8 Å². The summed E-state index contributed by atoms with van der Waals surface area (Å²) in [4.78, 5) is 15.3. The summed E-state index contributed by atoms with van der Waals surface area (Å²) in [6.45, 7) is 5.20. The summed E-state index contributed by atoms with van der Waals surface area (Å²) in [6.07, 6.45) is 0.939. The fraction of sp³-hybridized carbons (Fsp3) is 0.562. The second kappa shape index (κ2) is 8.58. The molecule has 1 aromatic rings. The van der Waals surface area contributed by atoms with Crippen LogP contribution in [0.15, 0.2) is 35.2 Å². The van der Waals surface area contributed by atoms with Crippen molar-refractivity contribution in [2.45, 2.75) is 36.5 Å². The highest BCUT2D eigenvalue weighted by Crippen LogP contribution is 2.18. The number of hydrogen-bond donors (Lipinski definition) is 1. The number of carbonyl (C=O) groups is 1. The zero-order valence-electron chi connectivity index (χ0n) is 13.2. The standard InChI is InChI=1S/C16H24N2O2S2/c1-13-14(2)22(20)12-10-18(13)16(19)17-9-6-11-21-15-7-4-3-5-8-15/h3-5,7-8,13-14H,6,9-12H2,1-2H3,(H,17,19)/t13-,14-,22+/m1/s1. The molecule has 1 fully saturated rings. The molecule has 1 saturated heterocycles. The Balaban J connectivity index is 1.66. The molecule has 1 aromatic carbocycles. The number of benzene rings is 1. The topological polar surface area (TPSA) is 49.4 Å². The van der Waals surface area contributed by atoms with E-state index in [0.29, 0.717) is 18.8 Å². The highest BCUT2D eigenvalue weighted by Gasteiger charge is 2.32. The van der Waals surface area contributed by atoms with Gasteiger partial charge in [-0.1, -0.05) is 18.2 Å². The maximum absolute atomic E-state index is 12.2. The Kier molecular flexibility index (Phi) is 6.76. The molecule has 0 radical (unpaired) electrons. The predicted octanol–water partition coefficient (Wildman–Crippen LogP) is 2.72. The third-order valence-electron chi connectivity index (χ3n) is 3.99. The van der Waals surface area contributed by atoms with Gasteiger partial charge in [-0.3, -0.25) is 4.21 Å². The Morgan fingerprint density at radius 2 is 2.09 bits per heavy atom. The van der Waals surface area contributed by atoms with Gasteiger partial charge < -0.3 is 10.2 Å². The van der Waals surface area contributed by atoms with Crippen LogP contribution in [0.2, 0.25) is 0 Å². The highest BCUT2D eigenvalue weighted by atomic mass is 32.2. The summed E-state index contributed by atoms with van der Waals surface area (Å²) < 4.78 is 11.8. The molecular weight excluding hydrogens is 316 g/mol. The molecule has 2 rings (SSSR count). The Labute approximate surface area is 139 Å². The van der Waals surface area contributed by atoms with Crippen LogP contribution in [-0.4, -0.2) is 51.0 Å². The minimum absolute atomic E-state index is 0.0271. The van der Waals surface area contributed by atoms with Crippen molar-refractivity contribution >= 4 is 28.6 Å². The molecule has 1 aliphatic rings. The molecule has 0 unspecified atom stereocenters. The van der Waals surface area contributed by atoms with Gasteiger partial charge in [0.1, 0.15) is 0 Å². The van der Waals surface area contributed by atoms with E-state index in [1.807, 2.05) is 36.9 Å².